The molecule has 0 bridgehead atoms. The van der Waals surface area contributed by atoms with E-state index >= 15 is 0 Å². The average molecular weight is 223 g/mol. The molecule has 1 aromatic rings. The number of pyridine rings is 1. The zero-order valence-electron chi connectivity index (χ0n) is 8.43. The van der Waals surface area contributed by atoms with Crippen LogP contribution in [0.2, 0.25) is 0 Å². The number of hydrogen-bond donors (Lipinski definition) is 2. The van der Waals surface area contributed by atoms with Gasteiger partial charge in [0, 0.05) is 6.20 Å². The lowest BCUT2D eigenvalue weighted by Gasteiger charge is -2.12. The van der Waals surface area contributed by atoms with E-state index in [-0.39, 0.29) is 10.9 Å². The summed E-state index contributed by atoms with van der Waals surface area (Å²) in [6, 6.07) is 3.51. The van der Waals surface area contributed by atoms with Crippen molar-refractivity contribution < 1.29 is 4.79 Å². The molecule has 1 unspecified atom stereocenters. The summed E-state index contributed by atoms with van der Waals surface area (Å²) in [5, 5.41) is 2.71. The second-order valence-corrected chi connectivity index (χ2v) is 3.57. The summed E-state index contributed by atoms with van der Waals surface area (Å²) in [5.74, 6) is -0.599. The van der Waals surface area contributed by atoms with Gasteiger partial charge in [-0.2, -0.15) is 0 Å². The number of anilines is 1. The highest BCUT2D eigenvalue weighted by molar-refractivity contribution is 7.80. The Morgan fingerprint density at radius 1 is 1.73 bits per heavy atom. The number of nitrogens with two attached hydrogens (primary N) is 1. The molecule has 0 aliphatic carbocycles. The quantitative estimate of drug-likeness (QED) is 0.756. The number of nitrogens with one attached hydrogen (secondary N) is 1. The van der Waals surface area contributed by atoms with Gasteiger partial charge in [-0.05, 0) is 18.6 Å². The second kappa shape index (κ2) is 5.41. The number of amides is 1. The summed E-state index contributed by atoms with van der Waals surface area (Å²) >= 11 is 4.81. The molecule has 1 atom stereocenters. The average Bonchev–Trinajstić information content (AvgIpc) is 2.19. The molecule has 0 saturated heterocycles. The van der Waals surface area contributed by atoms with Crippen LogP contribution in [-0.2, 0) is 4.79 Å². The predicted molar refractivity (Wildman–Crippen MR) is 63.4 cm³/mol. The number of thiocarbonyl (C=S) groups is 1. The van der Waals surface area contributed by atoms with Crippen molar-refractivity contribution in [3.8, 4) is 0 Å². The number of hydrogen-bond acceptors (Lipinski definition) is 3. The second-order valence-electron chi connectivity index (χ2n) is 3.09. The molecule has 3 N–H and O–H groups in total. The molecule has 0 spiro atoms. The molecule has 1 rings (SSSR count). The molecule has 4 nitrogen and oxygen atoms in total. The molecule has 0 aliphatic heterocycles. The van der Waals surface area contributed by atoms with Crippen LogP contribution in [0.25, 0.3) is 0 Å². The summed E-state index contributed by atoms with van der Waals surface area (Å²) in [5.41, 5.74) is 6.11. The topological polar surface area (TPSA) is 68.0 Å². The molecule has 0 saturated carbocycles. The van der Waals surface area contributed by atoms with Gasteiger partial charge < -0.3 is 11.1 Å². The zero-order valence-corrected chi connectivity index (χ0v) is 9.25. The van der Waals surface area contributed by atoms with E-state index in [1.54, 1.807) is 24.5 Å². The van der Waals surface area contributed by atoms with E-state index in [0.717, 1.165) is 0 Å². The first-order valence-electron chi connectivity index (χ1n) is 4.65. The van der Waals surface area contributed by atoms with Crippen LogP contribution in [0.1, 0.15) is 13.3 Å². The van der Waals surface area contributed by atoms with Gasteiger partial charge in [0.2, 0.25) is 5.91 Å². The van der Waals surface area contributed by atoms with Crippen LogP contribution >= 0.6 is 12.2 Å². The third-order valence-corrected chi connectivity index (χ3v) is 2.28. The fourth-order valence-electron chi connectivity index (χ4n) is 1.18. The molecule has 1 heterocycles. The molecule has 0 fully saturated rings. The third-order valence-electron chi connectivity index (χ3n) is 2.00. The maximum absolute atomic E-state index is 11.7. The first-order chi connectivity index (χ1) is 7.15. The van der Waals surface area contributed by atoms with E-state index in [0.29, 0.717) is 12.1 Å². The minimum absolute atomic E-state index is 0.182. The van der Waals surface area contributed by atoms with Gasteiger partial charge in [0.15, 0.2) is 0 Å². The first kappa shape index (κ1) is 11.6. The van der Waals surface area contributed by atoms with Gasteiger partial charge in [-0.25, -0.2) is 0 Å². The summed E-state index contributed by atoms with van der Waals surface area (Å²) < 4.78 is 0. The van der Waals surface area contributed by atoms with Crippen molar-refractivity contribution in [2.45, 2.75) is 13.3 Å². The summed E-state index contributed by atoms with van der Waals surface area (Å²) in [6.07, 6.45) is 3.81. The molecular formula is C10H13N3OS. The van der Waals surface area contributed by atoms with Gasteiger partial charge in [0.25, 0.3) is 0 Å². The molecule has 15 heavy (non-hydrogen) atoms. The van der Waals surface area contributed by atoms with Crippen LogP contribution in [-0.4, -0.2) is 15.9 Å². The molecule has 80 valence electrons. The number of nitrogens with zero attached hydrogens (tertiary/aromatic N) is 1. The Hall–Kier alpha value is -1.49. The first-order valence-corrected chi connectivity index (χ1v) is 5.06. The van der Waals surface area contributed by atoms with Crippen molar-refractivity contribution in [2.75, 3.05) is 5.32 Å². The maximum atomic E-state index is 11.7. The third kappa shape index (κ3) is 3.28. The van der Waals surface area contributed by atoms with Gasteiger partial charge in [0.05, 0.1) is 22.8 Å². The largest absolute Gasteiger partial charge is 0.393 e. The Morgan fingerprint density at radius 2 is 2.47 bits per heavy atom. The molecular weight excluding hydrogens is 210 g/mol. The van der Waals surface area contributed by atoms with Crippen LogP contribution < -0.4 is 11.1 Å². The van der Waals surface area contributed by atoms with Crippen molar-refractivity contribution in [3.63, 3.8) is 0 Å². The van der Waals surface area contributed by atoms with E-state index in [4.69, 9.17) is 18.0 Å². The van der Waals surface area contributed by atoms with Crippen molar-refractivity contribution >= 4 is 28.8 Å². The minimum Gasteiger partial charge on any atom is -0.393 e. The van der Waals surface area contributed by atoms with Gasteiger partial charge >= 0.3 is 0 Å². The minimum atomic E-state index is -0.416. The summed E-state index contributed by atoms with van der Waals surface area (Å²) in [7, 11) is 0. The Kier molecular flexibility index (Phi) is 4.17. The monoisotopic (exact) mass is 223 g/mol. The van der Waals surface area contributed by atoms with Crippen LogP contribution in [0.5, 0.6) is 0 Å². The predicted octanol–water partition coefficient (Wildman–Crippen LogP) is 1.33. The van der Waals surface area contributed by atoms with Crippen LogP contribution in [0, 0.1) is 5.92 Å². The van der Waals surface area contributed by atoms with E-state index in [2.05, 4.69) is 10.3 Å². The van der Waals surface area contributed by atoms with Crippen LogP contribution in [0.3, 0.4) is 0 Å². The molecule has 5 heteroatoms. The van der Waals surface area contributed by atoms with Crippen molar-refractivity contribution in [3.05, 3.63) is 24.5 Å². The standard InChI is InChI=1S/C10H13N3OS/c1-2-8(9(11)15)10(14)13-7-4-3-5-12-6-7/h3-6,8H,2H2,1H3,(H2,11,15)(H,13,14). The van der Waals surface area contributed by atoms with E-state index < -0.39 is 5.92 Å². The van der Waals surface area contributed by atoms with E-state index in [1.165, 1.54) is 0 Å². The highest BCUT2D eigenvalue weighted by Crippen LogP contribution is 2.09. The highest BCUT2D eigenvalue weighted by Gasteiger charge is 2.18. The summed E-state index contributed by atoms with van der Waals surface area (Å²) in [4.78, 5) is 15.8. The molecule has 0 radical (unpaired) electrons. The highest BCUT2D eigenvalue weighted by atomic mass is 32.1. The maximum Gasteiger partial charge on any atom is 0.234 e. The van der Waals surface area contributed by atoms with E-state index in [9.17, 15) is 4.79 Å². The smallest absolute Gasteiger partial charge is 0.234 e. The van der Waals surface area contributed by atoms with Crippen LogP contribution in [0.4, 0.5) is 5.69 Å². The lowest BCUT2D eigenvalue weighted by atomic mass is 10.1. The fourth-order valence-corrected chi connectivity index (χ4v) is 1.46. The molecule has 1 aromatic heterocycles. The van der Waals surface area contributed by atoms with Crippen molar-refractivity contribution in [1.29, 1.82) is 0 Å². The number of carbonyl (C=O) groups excluding carboxylic acids is 1. The number of carbonyl (C=O) groups is 1. The summed E-state index contributed by atoms with van der Waals surface area (Å²) in [6.45, 7) is 1.87. The number of rotatable bonds is 4. The Bertz CT molecular complexity index is 353. The fraction of sp³-hybridized carbons (Fsp3) is 0.300. The lowest BCUT2D eigenvalue weighted by Crippen LogP contribution is -2.32. The van der Waals surface area contributed by atoms with E-state index in [1.807, 2.05) is 6.92 Å². The Morgan fingerprint density at radius 3 is 2.93 bits per heavy atom. The molecule has 1 amide bonds. The Labute approximate surface area is 93.9 Å². The van der Waals surface area contributed by atoms with Gasteiger partial charge in [0.1, 0.15) is 0 Å². The number of aromatic nitrogens is 1. The molecule has 0 aliphatic rings. The molecule has 0 aromatic carbocycles. The van der Waals surface area contributed by atoms with Gasteiger partial charge in [-0.1, -0.05) is 19.1 Å². The van der Waals surface area contributed by atoms with Crippen LogP contribution in [0.15, 0.2) is 24.5 Å². The lowest BCUT2D eigenvalue weighted by molar-refractivity contribution is -0.118. The Balaban J connectivity index is 2.66. The van der Waals surface area contributed by atoms with Crippen molar-refractivity contribution in [1.82, 2.24) is 4.98 Å². The zero-order chi connectivity index (χ0) is 11.3. The SMILES string of the molecule is CCC(C(=O)Nc1cccnc1)C(N)=S. The van der Waals surface area contributed by atoms with Gasteiger partial charge in [-0.3, -0.25) is 9.78 Å². The normalized spacial score (nSPS) is 11.8. The van der Waals surface area contributed by atoms with Gasteiger partial charge in [-0.15, -0.1) is 0 Å². The van der Waals surface area contributed by atoms with Crippen molar-refractivity contribution in [2.24, 2.45) is 11.7 Å².